The molecule has 0 amide bonds. The Morgan fingerprint density at radius 2 is 1.50 bits per heavy atom. The van der Waals surface area contributed by atoms with Crippen molar-refractivity contribution in [3.05, 3.63) is 29.3 Å². The maximum Gasteiger partial charge on any atom is 0.294 e. The molecule has 1 rings (SSSR count). The maximum absolute atomic E-state index is 11.9. The smallest absolute Gasteiger partial charge is 0.282 e. The van der Waals surface area contributed by atoms with E-state index in [0.717, 1.165) is 50.5 Å². The van der Waals surface area contributed by atoms with Gasteiger partial charge in [-0.3, -0.25) is 8.94 Å². The zero-order valence-corrected chi connectivity index (χ0v) is 14.2. The van der Waals surface area contributed by atoms with Gasteiger partial charge < -0.3 is 0 Å². The van der Waals surface area contributed by atoms with Crippen molar-refractivity contribution in [3.8, 4) is 0 Å². The fraction of sp³-hybridized carbons (Fsp3) is 0.647. The van der Waals surface area contributed by atoms with Crippen molar-refractivity contribution in [2.45, 2.75) is 69.6 Å². The van der Waals surface area contributed by atoms with Gasteiger partial charge in [0.1, 0.15) is 0 Å². The fourth-order valence-corrected chi connectivity index (χ4v) is 3.36. The summed E-state index contributed by atoms with van der Waals surface area (Å²) in [6, 6.07) is 5.01. The van der Waals surface area contributed by atoms with Crippen LogP contribution in [0.3, 0.4) is 0 Å². The van der Waals surface area contributed by atoms with E-state index in [0.29, 0.717) is 18.4 Å². The van der Waals surface area contributed by atoms with E-state index in [1.807, 2.05) is 13.0 Å². The minimum atomic E-state index is -4.14. The van der Waals surface area contributed by atoms with Crippen LogP contribution in [-0.4, -0.2) is 19.6 Å². The van der Waals surface area contributed by atoms with Crippen molar-refractivity contribution in [3.63, 3.8) is 0 Å². The van der Waals surface area contributed by atoms with Crippen molar-refractivity contribution >= 4 is 10.1 Å². The average molecular weight is 330 g/mol. The first kappa shape index (κ1) is 19.1. The molecule has 0 aliphatic heterocycles. The fourth-order valence-electron chi connectivity index (χ4n) is 2.63. The molecule has 1 N–H and O–H groups in total. The Kier molecular flexibility index (Phi) is 8.64. The normalized spacial score (nSPS) is 11.8. The highest BCUT2D eigenvalue weighted by Crippen LogP contribution is 2.20. The Hall–Kier alpha value is -0.940. The zero-order valence-electron chi connectivity index (χ0n) is 13.4. The average Bonchev–Trinajstić information content (AvgIpc) is 2.44. The minimum Gasteiger partial charge on any atom is -0.282 e. The topological polar surface area (TPSA) is 54.4 Å². The predicted molar refractivity (Wildman–Crippen MR) is 87.6 cm³/mol. The Bertz CT molecular complexity index is 541. The second kappa shape index (κ2) is 9.95. The molecular weight excluding hydrogens is 303 g/mol. The molecule has 0 bridgehead atoms. The second-order valence-corrected chi connectivity index (χ2v) is 7.24. The number of hydrogen-bond acceptors (Lipinski definition) is 2. The monoisotopic (exact) mass is 330 g/mol. The third-order valence-electron chi connectivity index (χ3n) is 3.82. The molecule has 0 spiro atoms. The van der Waals surface area contributed by atoms with Crippen molar-refractivity contribution < 1.29 is 17.4 Å². The quantitative estimate of drug-likeness (QED) is 0.465. The predicted octanol–water partition coefficient (Wildman–Crippen LogP) is 4.87. The molecule has 0 atom stereocenters. The summed E-state index contributed by atoms with van der Waals surface area (Å²) in [5, 5.41) is 0. The number of benzene rings is 1. The van der Waals surface area contributed by atoms with Gasteiger partial charge in [-0.1, -0.05) is 56.2 Å². The summed E-state index contributed by atoms with van der Waals surface area (Å²) in [7, 11) is -4.14. The Balaban J connectivity index is 2.32. The van der Waals surface area contributed by atoms with Gasteiger partial charge in [-0.05, 0) is 37.8 Å². The van der Waals surface area contributed by atoms with Gasteiger partial charge in [0.05, 0.1) is 11.6 Å². The lowest BCUT2D eigenvalue weighted by molar-refractivity contribution is 0.449. The van der Waals surface area contributed by atoms with Crippen LogP contribution in [0.1, 0.15) is 62.5 Å². The summed E-state index contributed by atoms with van der Waals surface area (Å²) >= 11 is 0. The molecule has 0 radical (unpaired) electrons. The molecular formula is C17H27FO3S. The zero-order chi connectivity index (χ0) is 16.4. The Morgan fingerprint density at radius 3 is 2.05 bits per heavy atom. The van der Waals surface area contributed by atoms with Gasteiger partial charge in [-0.2, -0.15) is 8.42 Å². The second-order valence-electron chi connectivity index (χ2n) is 5.85. The first-order valence-electron chi connectivity index (χ1n) is 8.08. The summed E-state index contributed by atoms with van der Waals surface area (Å²) in [6.45, 7) is 1.70. The van der Waals surface area contributed by atoms with Gasteiger partial charge >= 0.3 is 0 Å². The van der Waals surface area contributed by atoms with E-state index >= 15 is 0 Å². The SMILES string of the molecule is Cc1ccc(S(=O)(=O)O)c(CCCCCCCCCCF)c1. The van der Waals surface area contributed by atoms with Gasteiger partial charge in [0.15, 0.2) is 0 Å². The number of hydrogen-bond donors (Lipinski definition) is 1. The first-order chi connectivity index (χ1) is 10.4. The van der Waals surface area contributed by atoms with Crippen LogP contribution in [0.4, 0.5) is 4.39 Å². The summed E-state index contributed by atoms with van der Waals surface area (Å²) in [6.07, 6.45) is 8.75. The number of unbranched alkanes of at least 4 members (excludes halogenated alkanes) is 7. The Morgan fingerprint density at radius 1 is 0.955 bits per heavy atom. The molecule has 0 aliphatic rings. The molecule has 0 unspecified atom stereocenters. The lowest BCUT2D eigenvalue weighted by atomic mass is 10.0. The molecule has 0 heterocycles. The highest BCUT2D eigenvalue weighted by atomic mass is 32.2. The van der Waals surface area contributed by atoms with Crippen molar-refractivity contribution in [1.29, 1.82) is 0 Å². The standard InChI is InChI=1S/C17H27FO3S/c1-15-11-12-17(22(19,20)21)16(14-15)10-8-6-4-2-3-5-7-9-13-18/h11-12,14H,2-10,13H2,1H3,(H,19,20,21). The molecule has 0 saturated heterocycles. The van der Waals surface area contributed by atoms with Gasteiger partial charge in [-0.25, -0.2) is 0 Å². The van der Waals surface area contributed by atoms with Gasteiger partial charge in [0, 0.05) is 0 Å². The van der Waals surface area contributed by atoms with E-state index in [9.17, 15) is 17.4 Å². The molecule has 1 aromatic rings. The number of rotatable bonds is 11. The van der Waals surface area contributed by atoms with E-state index in [1.165, 1.54) is 6.07 Å². The third-order valence-corrected chi connectivity index (χ3v) is 4.78. The number of aryl methyl sites for hydroxylation is 2. The highest BCUT2D eigenvalue weighted by molar-refractivity contribution is 7.85. The lowest BCUT2D eigenvalue weighted by Gasteiger charge is -2.08. The summed E-state index contributed by atoms with van der Waals surface area (Å²) in [5.74, 6) is 0. The lowest BCUT2D eigenvalue weighted by Crippen LogP contribution is -2.03. The Labute approximate surface area is 133 Å². The number of halogens is 1. The van der Waals surface area contributed by atoms with E-state index in [-0.39, 0.29) is 11.6 Å². The van der Waals surface area contributed by atoms with Gasteiger partial charge in [0.25, 0.3) is 10.1 Å². The molecule has 0 aromatic heterocycles. The van der Waals surface area contributed by atoms with Gasteiger partial charge in [-0.15, -0.1) is 0 Å². The molecule has 5 heteroatoms. The summed E-state index contributed by atoms with van der Waals surface area (Å²) < 4.78 is 43.9. The van der Waals surface area contributed by atoms with Crippen LogP contribution in [0, 0.1) is 6.92 Å². The van der Waals surface area contributed by atoms with Crippen molar-refractivity contribution in [1.82, 2.24) is 0 Å². The molecule has 126 valence electrons. The molecule has 0 aliphatic carbocycles. The molecule has 0 fully saturated rings. The van der Waals surface area contributed by atoms with Crippen LogP contribution in [-0.2, 0) is 16.5 Å². The third kappa shape index (κ3) is 7.36. The van der Waals surface area contributed by atoms with Crippen molar-refractivity contribution in [2.75, 3.05) is 6.67 Å². The van der Waals surface area contributed by atoms with Crippen molar-refractivity contribution in [2.24, 2.45) is 0 Å². The van der Waals surface area contributed by atoms with E-state index in [2.05, 4.69) is 0 Å². The summed E-state index contributed by atoms with van der Waals surface area (Å²) in [5.41, 5.74) is 1.70. The molecule has 22 heavy (non-hydrogen) atoms. The highest BCUT2D eigenvalue weighted by Gasteiger charge is 2.14. The van der Waals surface area contributed by atoms with Crippen LogP contribution < -0.4 is 0 Å². The van der Waals surface area contributed by atoms with E-state index < -0.39 is 10.1 Å². The first-order valence-corrected chi connectivity index (χ1v) is 9.52. The maximum atomic E-state index is 11.9. The van der Waals surface area contributed by atoms with Crippen LogP contribution >= 0.6 is 0 Å². The number of alkyl halides is 1. The molecule has 1 aromatic carbocycles. The molecule has 3 nitrogen and oxygen atoms in total. The van der Waals surface area contributed by atoms with Crippen LogP contribution in [0.5, 0.6) is 0 Å². The molecule has 0 saturated carbocycles. The van der Waals surface area contributed by atoms with E-state index in [1.54, 1.807) is 6.07 Å². The summed E-state index contributed by atoms with van der Waals surface area (Å²) in [4.78, 5) is 0.0318. The van der Waals surface area contributed by atoms with Gasteiger partial charge in [0.2, 0.25) is 0 Å². The minimum absolute atomic E-state index is 0.0318. The van der Waals surface area contributed by atoms with Crippen LogP contribution in [0.25, 0.3) is 0 Å². The van der Waals surface area contributed by atoms with Crippen LogP contribution in [0.15, 0.2) is 23.1 Å². The largest absolute Gasteiger partial charge is 0.294 e. The van der Waals surface area contributed by atoms with Crippen LogP contribution in [0.2, 0.25) is 0 Å². The van der Waals surface area contributed by atoms with E-state index in [4.69, 9.17) is 0 Å².